The average Bonchev–Trinajstić information content (AvgIpc) is 3.45. The Hall–Kier alpha value is -2.46. The van der Waals surface area contributed by atoms with Crippen LogP contribution in [0, 0.1) is 5.92 Å². The predicted octanol–water partition coefficient (Wildman–Crippen LogP) is 5.47. The maximum atomic E-state index is 6.24. The Kier molecular flexibility index (Phi) is 5.19. The standard InChI is InChI=1S/C25H29NO3/c1-2-27-18-13-11-17(12-14-18)24-21-8-3-7-20(21)22-9-4-10-23(25(22)26-24)29-16-19-6-5-15-28-19/h3-4,7,9-14,19-21,24,26H,2,5-6,8,15-16H2,1H3. The molecule has 1 aliphatic carbocycles. The first-order valence-electron chi connectivity index (χ1n) is 10.9. The summed E-state index contributed by atoms with van der Waals surface area (Å²) in [5, 5.41) is 3.83. The van der Waals surface area contributed by atoms with Crippen LogP contribution in [0.25, 0.3) is 0 Å². The molecule has 1 N–H and O–H groups in total. The molecule has 152 valence electrons. The number of hydrogen-bond donors (Lipinski definition) is 1. The third-order valence-corrected chi connectivity index (χ3v) is 6.36. The lowest BCUT2D eigenvalue weighted by molar-refractivity contribution is 0.0681. The fraction of sp³-hybridized carbons (Fsp3) is 0.440. The van der Waals surface area contributed by atoms with E-state index in [0.29, 0.717) is 25.0 Å². The number of nitrogens with one attached hydrogen (secondary N) is 1. The van der Waals surface area contributed by atoms with Crippen LogP contribution in [0.15, 0.2) is 54.6 Å². The van der Waals surface area contributed by atoms with Crippen molar-refractivity contribution >= 4 is 5.69 Å². The summed E-state index contributed by atoms with van der Waals surface area (Å²) in [6, 6.07) is 15.2. The molecule has 0 bridgehead atoms. The summed E-state index contributed by atoms with van der Waals surface area (Å²) >= 11 is 0. The third-order valence-electron chi connectivity index (χ3n) is 6.36. The summed E-state index contributed by atoms with van der Waals surface area (Å²) in [6.07, 6.45) is 8.23. The lowest BCUT2D eigenvalue weighted by atomic mass is 9.77. The number of rotatable bonds is 6. The van der Waals surface area contributed by atoms with Crippen molar-refractivity contribution in [2.45, 2.75) is 44.2 Å². The number of allylic oxidation sites excluding steroid dienone is 2. The summed E-state index contributed by atoms with van der Waals surface area (Å²) in [5.41, 5.74) is 3.78. The maximum Gasteiger partial charge on any atom is 0.142 e. The topological polar surface area (TPSA) is 39.7 Å². The highest BCUT2D eigenvalue weighted by molar-refractivity contribution is 5.67. The highest BCUT2D eigenvalue weighted by Crippen LogP contribution is 2.52. The van der Waals surface area contributed by atoms with Crippen LogP contribution in [0.1, 0.15) is 49.3 Å². The van der Waals surface area contributed by atoms with Crippen molar-refractivity contribution in [3.05, 3.63) is 65.7 Å². The Morgan fingerprint density at radius 2 is 2.00 bits per heavy atom. The Morgan fingerprint density at radius 1 is 1.10 bits per heavy atom. The van der Waals surface area contributed by atoms with Gasteiger partial charge in [0, 0.05) is 12.5 Å². The first-order chi connectivity index (χ1) is 14.3. The molecular formula is C25H29NO3. The average molecular weight is 392 g/mol. The Bertz CT molecular complexity index is 870. The van der Waals surface area contributed by atoms with Crippen LogP contribution < -0.4 is 14.8 Å². The Labute approximate surface area is 172 Å². The summed E-state index contributed by atoms with van der Waals surface area (Å²) < 4.78 is 17.6. The van der Waals surface area contributed by atoms with E-state index in [1.807, 2.05) is 6.92 Å². The van der Waals surface area contributed by atoms with Crippen LogP contribution in [-0.2, 0) is 4.74 Å². The summed E-state index contributed by atoms with van der Waals surface area (Å²) in [6.45, 7) is 4.18. The van der Waals surface area contributed by atoms with Gasteiger partial charge in [-0.05, 0) is 61.4 Å². The second kappa shape index (κ2) is 8.11. The predicted molar refractivity (Wildman–Crippen MR) is 115 cm³/mol. The molecule has 4 nitrogen and oxygen atoms in total. The van der Waals surface area contributed by atoms with Crippen molar-refractivity contribution in [2.75, 3.05) is 25.1 Å². The van der Waals surface area contributed by atoms with E-state index in [9.17, 15) is 0 Å². The summed E-state index contributed by atoms with van der Waals surface area (Å²) in [7, 11) is 0. The highest BCUT2D eigenvalue weighted by Gasteiger charge is 2.39. The lowest BCUT2D eigenvalue weighted by Crippen LogP contribution is -2.29. The number of ether oxygens (including phenoxy) is 3. The van der Waals surface area contributed by atoms with Crippen molar-refractivity contribution in [1.82, 2.24) is 0 Å². The highest BCUT2D eigenvalue weighted by atomic mass is 16.5. The van der Waals surface area contributed by atoms with E-state index in [1.54, 1.807) is 0 Å². The molecule has 1 fully saturated rings. The molecule has 2 aromatic carbocycles. The molecule has 5 rings (SSSR count). The van der Waals surface area contributed by atoms with Crippen molar-refractivity contribution in [3.63, 3.8) is 0 Å². The molecule has 2 aromatic rings. The molecule has 0 saturated carbocycles. The van der Waals surface area contributed by atoms with E-state index in [4.69, 9.17) is 14.2 Å². The molecule has 4 atom stereocenters. The molecule has 3 aliphatic rings. The van der Waals surface area contributed by atoms with Gasteiger partial charge in [-0.1, -0.05) is 36.4 Å². The van der Waals surface area contributed by atoms with Gasteiger partial charge in [-0.25, -0.2) is 0 Å². The van der Waals surface area contributed by atoms with Gasteiger partial charge in [-0.15, -0.1) is 0 Å². The zero-order chi connectivity index (χ0) is 19.6. The summed E-state index contributed by atoms with van der Waals surface area (Å²) in [5.74, 6) is 2.81. The van der Waals surface area contributed by atoms with Gasteiger partial charge < -0.3 is 19.5 Å². The second-order valence-electron chi connectivity index (χ2n) is 8.14. The van der Waals surface area contributed by atoms with E-state index in [-0.39, 0.29) is 12.1 Å². The largest absolute Gasteiger partial charge is 0.494 e. The number of fused-ring (bicyclic) bond motifs is 3. The molecule has 0 aromatic heterocycles. The Balaban J connectivity index is 1.43. The number of hydrogen-bond acceptors (Lipinski definition) is 4. The first-order valence-corrected chi connectivity index (χ1v) is 10.9. The van der Waals surface area contributed by atoms with Gasteiger partial charge in [0.05, 0.1) is 24.4 Å². The summed E-state index contributed by atoms with van der Waals surface area (Å²) in [4.78, 5) is 0. The van der Waals surface area contributed by atoms with E-state index >= 15 is 0 Å². The maximum absolute atomic E-state index is 6.24. The van der Waals surface area contributed by atoms with Gasteiger partial charge in [-0.2, -0.15) is 0 Å². The van der Waals surface area contributed by atoms with Crippen LogP contribution in [0.2, 0.25) is 0 Å². The number of para-hydroxylation sites is 1. The van der Waals surface area contributed by atoms with Crippen molar-refractivity contribution in [3.8, 4) is 11.5 Å². The Morgan fingerprint density at radius 3 is 2.79 bits per heavy atom. The van der Waals surface area contributed by atoms with Crippen molar-refractivity contribution < 1.29 is 14.2 Å². The molecular weight excluding hydrogens is 362 g/mol. The smallest absolute Gasteiger partial charge is 0.142 e. The number of benzene rings is 2. The van der Waals surface area contributed by atoms with Gasteiger partial charge in [0.1, 0.15) is 18.1 Å². The molecule has 0 amide bonds. The van der Waals surface area contributed by atoms with E-state index in [2.05, 4.69) is 59.9 Å². The second-order valence-corrected chi connectivity index (χ2v) is 8.14. The molecule has 2 heterocycles. The molecule has 0 radical (unpaired) electrons. The van der Waals surface area contributed by atoms with Crippen molar-refractivity contribution in [2.24, 2.45) is 5.92 Å². The first kappa shape index (κ1) is 18.6. The van der Waals surface area contributed by atoms with E-state index < -0.39 is 0 Å². The van der Waals surface area contributed by atoms with Gasteiger partial charge in [0.2, 0.25) is 0 Å². The van der Waals surface area contributed by atoms with Gasteiger partial charge in [0.25, 0.3) is 0 Å². The number of anilines is 1. The van der Waals surface area contributed by atoms with E-state index in [1.165, 1.54) is 11.1 Å². The van der Waals surface area contributed by atoms with Crippen LogP contribution in [0.5, 0.6) is 11.5 Å². The van der Waals surface area contributed by atoms with Gasteiger partial charge in [-0.3, -0.25) is 0 Å². The zero-order valence-corrected chi connectivity index (χ0v) is 17.0. The monoisotopic (exact) mass is 391 g/mol. The normalized spacial score (nSPS) is 27.2. The molecule has 4 unspecified atom stereocenters. The van der Waals surface area contributed by atoms with Gasteiger partial charge >= 0.3 is 0 Å². The molecule has 2 aliphatic heterocycles. The van der Waals surface area contributed by atoms with Crippen molar-refractivity contribution in [1.29, 1.82) is 0 Å². The van der Waals surface area contributed by atoms with Crippen LogP contribution in [0.4, 0.5) is 5.69 Å². The lowest BCUT2D eigenvalue weighted by Gasteiger charge is -2.38. The fourth-order valence-corrected chi connectivity index (χ4v) is 4.94. The van der Waals surface area contributed by atoms with E-state index in [0.717, 1.165) is 43.1 Å². The molecule has 1 saturated heterocycles. The van der Waals surface area contributed by atoms with Gasteiger partial charge in [0.15, 0.2) is 0 Å². The SMILES string of the molecule is CCOc1ccc(C2Nc3c(OCC4CCCO4)cccc3C3C=CCC32)cc1. The van der Waals surface area contributed by atoms with Crippen LogP contribution in [-0.4, -0.2) is 25.9 Å². The van der Waals surface area contributed by atoms with Crippen LogP contribution >= 0.6 is 0 Å². The minimum absolute atomic E-state index is 0.218. The third kappa shape index (κ3) is 3.62. The fourth-order valence-electron chi connectivity index (χ4n) is 4.94. The minimum atomic E-state index is 0.218. The molecule has 0 spiro atoms. The molecule has 4 heteroatoms. The quantitative estimate of drug-likeness (QED) is 0.663. The minimum Gasteiger partial charge on any atom is -0.494 e. The molecule has 29 heavy (non-hydrogen) atoms. The zero-order valence-electron chi connectivity index (χ0n) is 17.0. The van der Waals surface area contributed by atoms with Crippen LogP contribution in [0.3, 0.4) is 0 Å².